The number of piperidine rings is 1. The molecular formula is C23H23ClFN3O2. The molecule has 0 radical (unpaired) electrons. The van der Waals surface area contributed by atoms with Crippen molar-refractivity contribution in [3.8, 4) is 5.69 Å². The van der Waals surface area contributed by atoms with Crippen molar-refractivity contribution in [2.45, 2.75) is 25.8 Å². The lowest BCUT2D eigenvalue weighted by Gasteiger charge is -2.32. The number of rotatable bonds is 5. The van der Waals surface area contributed by atoms with Gasteiger partial charge in [0.1, 0.15) is 5.82 Å². The summed E-state index contributed by atoms with van der Waals surface area (Å²) < 4.78 is 14.6. The number of para-hydroxylation sites is 1. The summed E-state index contributed by atoms with van der Waals surface area (Å²) in [6.45, 7) is 2.22. The van der Waals surface area contributed by atoms with E-state index < -0.39 is 5.69 Å². The van der Waals surface area contributed by atoms with Crippen LogP contribution in [0.1, 0.15) is 24.1 Å². The Kier molecular flexibility index (Phi) is 6.16. The zero-order valence-corrected chi connectivity index (χ0v) is 17.2. The maximum absolute atomic E-state index is 13.5. The van der Waals surface area contributed by atoms with Crippen molar-refractivity contribution in [3.63, 3.8) is 0 Å². The van der Waals surface area contributed by atoms with Crippen LogP contribution in [-0.4, -0.2) is 27.5 Å². The van der Waals surface area contributed by atoms with Gasteiger partial charge in [-0.25, -0.2) is 13.8 Å². The first-order valence-corrected chi connectivity index (χ1v) is 10.4. The first-order valence-electron chi connectivity index (χ1n) is 10.1. The third-order valence-corrected chi connectivity index (χ3v) is 5.99. The quantitative estimate of drug-likeness (QED) is 0.674. The van der Waals surface area contributed by atoms with E-state index in [1.54, 1.807) is 30.3 Å². The Morgan fingerprint density at radius 1 is 1.03 bits per heavy atom. The first kappa shape index (κ1) is 20.6. The molecule has 1 aliphatic rings. The van der Waals surface area contributed by atoms with E-state index in [1.165, 1.54) is 18.2 Å². The molecule has 0 bridgehead atoms. The molecule has 0 atom stereocenters. The monoisotopic (exact) mass is 427 g/mol. The van der Waals surface area contributed by atoms with Gasteiger partial charge in [0.15, 0.2) is 0 Å². The van der Waals surface area contributed by atoms with Crippen LogP contribution in [0, 0.1) is 11.7 Å². The second-order valence-electron chi connectivity index (χ2n) is 7.77. The van der Waals surface area contributed by atoms with Crippen molar-refractivity contribution in [1.82, 2.24) is 14.5 Å². The Morgan fingerprint density at radius 3 is 2.47 bits per heavy atom. The molecule has 156 valence electrons. The third kappa shape index (κ3) is 4.71. The second-order valence-corrected chi connectivity index (χ2v) is 8.18. The van der Waals surface area contributed by atoms with E-state index in [1.807, 2.05) is 6.07 Å². The van der Waals surface area contributed by atoms with Crippen LogP contribution in [0.4, 0.5) is 4.39 Å². The van der Waals surface area contributed by atoms with Gasteiger partial charge in [-0.2, -0.15) is 0 Å². The largest absolute Gasteiger partial charge is 0.333 e. The molecule has 0 saturated carbocycles. The zero-order chi connectivity index (χ0) is 21.1. The number of hydrogen-bond donors (Lipinski definition) is 1. The molecule has 7 heteroatoms. The first-order chi connectivity index (χ1) is 14.5. The van der Waals surface area contributed by atoms with Crippen LogP contribution < -0.4 is 11.2 Å². The number of H-pyrrole nitrogens is 1. The van der Waals surface area contributed by atoms with Crippen molar-refractivity contribution in [1.29, 1.82) is 0 Å². The van der Waals surface area contributed by atoms with E-state index in [2.05, 4.69) is 9.88 Å². The number of halogens is 2. The lowest BCUT2D eigenvalue weighted by molar-refractivity contribution is 0.175. The molecule has 5 nitrogen and oxygen atoms in total. The molecule has 1 N–H and O–H groups in total. The Labute approximate surface area is 178 Å². The number of nitrogens with one attached hydrogen (secondary N) is 1. The van der Waals surface area contributed by atoms with Gasteiger partial charge in [0.2, 0.25) is 0 Å². The van der Waals surface area contributed by atoms with Gasteiger partial charge in [-0.3, -0.25) is 9.69 Å². The maximum atomic E-state index is 13.5. The van der Waals surface area contributed by atoms with Crippen molar-refractivity contribution in [2.24, 2.45) is 5.92 Å². The molecule has 0 unspecified atom stereocenters. The summed E-state index contributed by atoms with van der Waals surface area (Å²) in [4.78, 5) is 30.0. The smallest absolute Gasteiger partial charge is 0.309 e. The van der Waals surface area contributed by atoms with Crippen LogP contribution in [0.3, 0.4) is 0 Å². The predicted molar refractivity (Wildman–Crippen MR) is 116 cm³/mol. The van der Waals surface area contributed by atoms with E-state index >= 15 is 0 Å². The number of aromatic amines is 1. The highest BCUT2D eigenvalue weighted by Gasteiger charge is 2.21. The fraction of sp³-hybridized carbons (Fsp3) is 0.304. The summed E-state index contributed by atoms with van der Waals surface area (Å²) in [6.07, 6.45) is 2.67. The Balaban J connectivity index is 1.39. The molecule has 2 aromatic carbocycles. The molecule has 0 amide bonds. The van der Waals surface area contributed by atoms with E-state index in [-0.39, 0.29) is 11.4 Å². The summed E-state index contributed by atoms with van der Waals surface area (Å²) in [6, 6.07) is 14.9. The van der Waals surface area contributed by atoms with Crippen molar-refractivity contribution in [3.05, 3.63) is 97.5 Å². The summed E-state index contributed by atoms with van der Waals surface area (Å²) >= 11 is 6.20. The molecule has 1 aliphatic heterocycles. The van der Waals surface area contributed by atoms with Gasteiger partial charge >= 0.3 is 5.69 Å². The van der Waals surface area contributed by atoms with Gasteiger partial charge in [0.25, 0.3) is 5.56 Å². The van der Waals surface area contributed by atoms with E-state index in [0.717, 1.165) is 42.5 Å². The molecular weight excluding hydrogens is 405 g/mol. The summed E-state index contributed by atoms with van der Waals surface area (Å²) in [5.41, 5.74) is 1.25. The van der Waals surface area contributed by atoms with Crippen LogP contribution >= 0.6 is 11.6 Å². The van der Waals surface area contributed by atoms with Crippen LogP contribution in [0.25, 0.3) is 5.69 Å². The standard InChI is InChI=1S/C23H23ClFN3O2/c24-21-7-6-18(25)13-17(21)12-16-8-10-27(11-9-16)15-19-14-22(29)28(23(30)26-19)20-4-2-1-3-5-20/h1-7,13-14,16H,8-12,15H2,(H,26,30). The van der Waals surface area contributed by atoms with Gasteiger partial charge in [-0.15, -0.1) is 0 Å². The Bertz CT molecular complexity index is 1100. The third-order valence-electron chi connectivity index (χ3n) is 5.62. The lowest BCUT2D eigenvalue weighted by atomic mass is 9.90. The zero-order valence-electron chi connectivity index (χ0n) is 16.5. The average molecular weight is 428 g/mol. The molecule has 0 spiro atoms. The number of nitrogens with zero attached hydrogens (tertiary/aromatic N) is 2. The summed E-state index contributed by atoms with van der Waals surface area (Å²) in [5.74, 6) is 0.173. The van der Waals surface area contributed by atoms with Gasteiger partial charge < -0.3 is 4.98 Å². The Hall–Kier alpha value is -2.70. The van der Waals surface area contributed by atoms with E-state index in [9.17, 15) is 14.0 Å². The fourth-order valence-corrected chi connectivity index (χ4v) is 4.24. The fourth-order valence-electron chi connectivity index (χ4n) is 4.05. The molecule has 3 aromatic rings. The summed E-state index contributed by atoms with van der Waals surface area (Å²) in [5, 5.41) is 0.607. The number of aromatic nitrogens is 2. The number of likely N-dealkylation sites (tertiary alicyclic amines) is 1. The lowest BCUT2D eigenvalue weighted by Crippen LogP contribution is -2.38. The Morgan fingerprint density at radius 2 is 1.77 bits per heavy atom. The molecule has 4 rings (SSSR count). The molecule has 0 aliphatic carbocycles. The van der Waals surface area contributed by atoms with Crippen LogP contribution in [0.15, 0.2) is 64.2 Å². The minimum Gasteiger partial charge on any atom is -0.309 e. The van der Waals surface area contributed by atoms with Crippen molar-refractivity contribution < 1.29 is 4.39 Å². The molecule has 1 saturated heterocycles. The van der Waals surface area contributed by atoms with Crippen molar-refractivity contribution >= 4 is 11.6 Å². The highest BCUT2D eigenvalue weighted by Crippen LogP contribution is 2.26. The van der Waals surface area contributed by atoms with Gasteiger partial charge in [0, 0.05) is 23.3 Å². The molecule has 1 aromatic heterocycles. The highest BCUT2D eigenvalue weighted by molar-refractivity contribution is 6.31. The normalized spacial score (nSPS) is 15.4. The topological polar surface area (TPSA) is 58.1 Å². The van der Waals surface area contributed by atoms with Gasteiger partial charge in [0.05, 0.1) is 5.69 Å². The predicted octanol–water partition coefficient (Wildman–Crippen LogP) is 3.77. The van der Waals surface area contributed by atoms with E-state index in [4.69, 9.17) is 11.6 Å². The molecule has 2 heterocycles. The van der Waals surface area contributed by atoms with E-state index in [0.29, 0.717) is 28.9 Å². The minimum absolute atomic E-state index is 0.263. The van der Waals surface area contributed by atoms with Gasteiger partial charge in [-0.05, 0) is 74.2 Å². The van der Waals surface area contributed by atoms with Gasteiger partial charge in [-0.1, -0.05) is 29.8 Å². The molecule has 30 heavy (non-hydrogen) atoms. The highest BCUT2D eigenvalue weighted by atomic mass is 35.5. The number of hydrogen-bond acceptors (Lipinski definition) is 3. The second kappa shape index (κ2) is 8.98. The van der Waals surface area contributed by atoms with Crippen LogP contribution in [0.2, 0.25) is 5.02 Å². The SMILES string of the molecule is O=c1cc(CN2CCC(Cc3cc(F)ccc3Cl)CC2)[nH]c(=O)n1-c1ccccc1. The molecule has 1 fully saturated rings. The average Bonchev–Trinajstić information content (AvgIpc) is 2.72. The van der Waals surface area contributed by atoms with Crippen molar-refractivity contribution in [2.75, 3.05) is 13.1 Å². The maximum Gasteiger partial charge on any atom is 0.333 e. The summed E-state index contributed by atoms with van der Waals surface area (Å²) in [7, 11) is 0. The minimum atomic E-state index is -0.431. The van der Waals surface area contributed by atoms with Crippen LogP contribution in [0.5, 0.6) is 0 Å². The van der Waals surface area contributed by atoms with Crippen LogP contribution in [-0.2, 0) is 13.0 Å². The number of benzene rings is 2.